The van der Waals surface area contributed by atoms with Gasteiger partial charge >= 0.3 is 0 Å². The Kier molecular flexibility index (Phi) is 5.14. The summed E-state index contributed by atoms with van der Waals surface area (Å²) in [6, 6.07) is 2.33. The van der Waals surface area contributed by atoms with Crippen LogP contribution in [0.25, 0.3) is 0 Å². The van der Waals surface area contributed by atoms with Gasteiger partial charge in [-0.2, -0.15) is 0 Å². The SMILES string of the molecule is CC(NC(=O)C(C)(C)S(C)(=O)=O)c1ccc(S(=O)(=O)Cl)s1. The fourth-order valence-corrected chi connectivity index (χ4v) is 3.80. The molecule has 1 aromatic rings. The molecule has 0 aliphatic carbocycles. The zero-order valence-electron chi connectivity index (χ0n) is 11.9. The van der Waals surface area contributed by atoms with Crippen LogP contribution in [0, 0.1) is 0 Å². The molecule has 120 valence electrons. The lowest BCUT2D eigenvalue weighted by Crippen LogP contribution is -2.48. The average molecular weight is 374 g/mol. The highest BCUT2D eigenvalue weighted by Gasteiger charge is 2.39. The van der Waals surface area contributed by atoms with Crippen LogP contribution in [-0.2, 0) is 23.7 Å². The number of thiophene rings is 1. The Hall–Kier alpha value is -0.640. The molecule has 1 unspecified atom stereocenters. The highest BCUT2D eigenvalue weighted by atomic mass is 35.7. The fraction of sp³-hybridized carbons (Fsp3) is 0.545. The van der Waals surface area contributed by atoms with Crippen LogP contribution in [0.4, 0.5) is 0 Å². The number of carbonyl (C=O) groups is 1. The van der Waals surface area contributed by atoms with Crippen LogP contribution in [0.3, 0.4) is 0 Å². The maximum atomic E-state index is 12.1. The van der Waals surface area contributed by atoms with Crippen molar-refractivity contribution < 1.29 is 21.6 Å². The Morgan fingerprint density at radius 1 is 1.29 bits per heavy atom. The quantitative estimate of drug-likeness (QED) is 0.792. The fourth-order valence-electron chi connectivity index (χ4n) is 1.31. The maximum absolute atomic E-state index is 12.1. The molecule has 1 heterocycles. The lowest BCUT2D eigenvalue weighted by molar-refractivity contribution is -0.123. The van der Waals surface area contributed by atoms with Crippen LogP contribution in [-0.4, -0.2) is 33.7 Å². The third kappa shape index (κ3) is 4.18. The second-order valence-electron chi connectivity index (χ2n) is 5.07. The minimum atomic E-state index is -3.81. The molecule has 1 amide bonds. The smallest absolute Gasteiger partial charge is 0.270 e. The second kappa shape index (κ2) is 5.86. The number of sulfone groups is 1. The predicted molar refractivity (Wildman–Crippen MR) is 82.8 cm³/mol. The highest BCUT2D eigenvalue weighted by Crippen LogP contribution is 2.29. The van der Waals surface area contributed by atoms with Crippen molar-refractivity contribution >= 4 is 46.8 Å². The van der Waals surface area contributed by atoms with Gasteiger partial charge in [-0.3, -0.25) is 4.79 Å². The van der Waals surface area contributed by atoms with Crippen LogP contribution in [0.1, 0.15) is 31.7 Å². The third-order valence-electron chi connectivity index (χ3n) is 3.09. The molecule has 0 aliphatic heterocycles. The van der Waals surface area contributed by atoms with Gasteiger partial charge in [0.1, 0.15) is 8.96 Å². The number of hydrogen-bond donors (Lipinski definition) is 1. The van der Waals surface area contributed by atoms with Gasteiger partial charge in [0, 0.05) is 21.8 Å². The molecule has 0 aliphatic rings. The summed E-state index contributed by atoms with van der Waals surface area (Å²) in [5, 5.41) is 2.56. The van der Waals surface area contributed by atoms with Crippen molar-refractivity contribution in [1.82, 2.24) is 5.32 Å². The van der Waals surface area contributed by atoms with Crippen molar-refractivity contribution in [3.63, 3.8) is 0 Å². The van der Waals surface area contributed by atoms with E-state index in [4.69, 9.17) is 10.7 Å². The van der Waals surface area contributed by atoms with Gasteiger partial charge < -0.3 is 5.32 Å². The maximum Gasteiger partial charge on any atom is 0.270 e. The molecule has 0 aromatic carbocycles. The number of hydrogen-bond acceptors (Lipinski definition) is 6. The summed E-state index contributed by atoms with van der Waals surface area (Å²) in [4.78, 5) is 12.6. The van der Waals surface area contributed by atoms with E-state index in [1.54, 1.807) is 6.92 Å². The standard InChI is InChI=1S/C11H16ClNO5S3/c1-7(8-5-6-9(19-8)21(12,17)18)13-10(14)11(2,3)20(4,15)16/h5-7H,1-4H3,(H,13,14). The number of nitrogens with one attached hydrogen (secondary N) is 1. The molecule has 10 heteroatoms. The average Bonchev–Trinajstić information content (AvgIpc) is 2.75. The third-order valence-corrected chi connectivity index (χ3v) is 8.49. The first-order valence-corrected chi connectivity index (χ1v) is 10.8. The molecule has 21 heavy (non-hydrogen) atoms. The zero-order chi connectivity index (χ0) is 16.6. The largest absolute Gasteiger partial charge is 0.347 e. The van der Waals surface area contributed by atoms with E-state index in [2.05, 4.69) is 5.32 Å². The van der Waals surface area contributed by atoms with Crippen molar-refractivity contribution in [2.24, 2.45) is 0 Å². The van der Waals surface area contributed by atoms with E-state index in [9.17, 15) is 21.6 Å². The van der Waals surface area contributed by atoms with E-state index in [1.165, 1.54) is 26.0 Å². The first-order chi connectivity index (χ1) is 9.26. The minimum Gasteiger partial charge on any atom is -0.347 e. The van der Waals surface area contributed by atoms with E-state index in [0.717, 1.165) is 17.6 Å². The lowest BCUT2D eigenvalue weighted by atomic mass is 10.1. The summed E-state index contributed by atoms with van der Waals surface area (Å²) in [5.41, 5.74) is 0. The molecule has 1 rings (SSSR count). The summed E-state index contributed by atoms with van der Waals surface area (Å²) in [6.45, 7) is 4.26. The first kappa shape index (κ1) is 18.4. The normalized spacial score (nSPS) is 14.7. The second-order valence-corrected chi connectivity index (χ2v) is 11.5. The van der Waals surface area contributed by atoms with Gasteiger partial charge in [0.15, 0.2) is 9.84 Å². The van der Waals surface area contributed by atoms with Crippen LogP contribution < -0.4 is 5.32 Å². The van der Waals surface area contributed by atoms with Crippen molar-refractivity contribution in [2.75, 3.05) is 6.26 Å². The van der Waals surface area contributed by atoms with Gasteiger partial charge in [-0.25, -0.2) is 16.8 Å². The molecule has 1 atom stereocenters. The van der Waals surface area contributed by atoms with Gasteiger partial charge in [0.05, 0.1) is 6.04 Å². The van der Waals surface area contributed by atoms with Crippen molar-refractivity contribution in [3.8, 4) is 0 Å². The Morgan fingerprint density at radius 3 is 2.19 bits per heavy atom. The highest BCUT2D eigenvalue weighted by molar-refractivity contribution is 8.15. The van der Waals surface area contributed by atoms with Gasteiger partial charge in [-0.1, -0.05) is 0 Å². The van der Waals surface area contributed by atoms with E-state index >= 15 is 0 Å². The summed E-state index contributed by atoms with van der Waals surface area (Å²) in [5.74, 6) is -0.652. The van der Waals surface area contributed by atoms with Crippen LogP contribution >= 0.6 is 22.0 Å². The molecule has 1 N–H and O–H groups in total. The molecule has 0 saturated carbocycles. The van der Waals surface area contributed by atoms with Crippen molar-refractivity contribution in [3.05, 3.63) is 17.0 Å². The number of carbonyl (C=O) groups excluding carboxylic acids is 1. The van der Waals surface area contributed by atoms with Crippen LogP contribution in [0.2, 0.25) is 0 Å². The Labute approximate surface area is 132 Å². The van der Waals surface area contributed by atoms with Crippen molar-refractivity contribution in [1.29, 1.82) is 0 Å². The van der Waals surface area contributed by atoms with E-state index in [-0.39, 0.29) is 4.21 Å². The topological polar surface area (TPSA) is 97.4 Å². The summed E-state index contributed by atoms with van der Waals surface area (Å²) in [7, 11) is -2.16. The predicted octanol–water partition coefficient (Wildman–Crippen LogP) is 1.68. The van der Waals surface area contributed by atoms with E-state index in [0.29, 0.717) is 4.88 Å². The van der Waals surface area contributed by atoms with Gasteiger partial charge in [-0.15, -0.1) is 11.3 Å². The molecule has 0 saturated heterocycles. The summed E-state index contributed by atoms with van der Waals surface area (Å²) in [6.07, 6.45) is 0.987. The lowest BCUT2D eigenvalue weighted by Gasteiger charge is -2.23. The number of amides is 1. The minimum absolute atomic E-state index is 0.0253. The molecule has 0 radical (unpaired) electrons. The Morgan fingerprint density at radius 2 is 1.81 bits per heavy atom. The van der Waals surface area contributed by atoms with E-state index < -0.39 is 35.6 Å². The molecule has 0 bridgehead atoms. The molecule has 1 aromatic heterocycles. The van der Waals surface area contributed by atoms with Gasteiger partial charge in [0.25, 0.3) is 9.05 Å². The molecular formula is C11H16ClNO5S3. The summed E-state index contributed by atoms with van der Waals surface area (Å²) < 4.78 is 44.0. The van der Waals surface area contributed by atoms with Gasteiger partial charge in [-0.05, 0) is 32.9 Å². The molecule has 0 spiro atoms. The molecule has 0 fully saturated rings. The zero-order valence-corrected chi connectivity index (χ0v) is 15.1. The first-order valence-electron chi connectivity index (χ1n) is 5.82. The van der Waals surface area contributed by atoms with Crippen LogP contribution in [0.15, 0.2) is 16.3 Å². The number of rotatable bonds is 5. The molecule has 6 nitrogen and oxygen atoms in total. The molecular weight excluding hydrogens is 358 g/mol. The number of halogens is 1. The van der Waals surface area contributed by atoms with E-state index in [1.807, 2.05) is 0 Å². The van der Waals surface area contributed by atoms with Crippen molar-refractivity contribution in [2.45, 2.75) is 35.8 Å². The Balaban J connectivity index is 2.95. The summed E-state index contributed by atoms with van der Waals surface area (Å²) >= 11 is 0.924. The Bertz CT molecular complexity index is 749. The monoisotopic (exact) mass is 373 g/mol. The van der Waals surface area contributed by atoms with Crippen LogP contribution in [0.5, 0.6) is 0 Å². The van der Waals surface area contributed by atoms with Gasteiger partial charge in [0.2, 0.25) is 5.91 Å².